The molecule has 0 atom stereocenters. The highest BCUT2D eigenvalue weighted by Crippen LogP contribution is 2.24. The Bertz CT molecular complexity index is 786. The van der Waals surface area contributed by atoms with E-state index in [2.05, 4.69) is 0 Å². The highest BCUT2D eigenvalue weighted by molar-refractivity contribution is 7.90. The summed E-state index contributed by atoms with van der Waals surface area (Å²) in [6, 6.07) is 10.3. The fourth-order valence-corrected chi connectivity index (χ4v) is 3.39. The Morgan fingerprint density at radius 1 is 1.10 bits per heavy atom. The molecule has 0 saturated carbocycles. The molecule has 2 rings (SSSR count). The number of sulfone groups is 1. The lowest BCUT2D eigenvalue weighted by atomic mass is 10.1. The molecule has 5 nitrogen and oxygen atoms in total. The number of amides is 1. The maximum absolute atomic E-state index is 12.3. The van der Waals surface area contributed by atoms with Crippen LogP contribution >= 0.6 is 11.6 Å². The molecule has 0 aliphatic heterocycles. The van der Waals surface area contributed by atoms with Crippen LogP contribution in [-0.2, 0) is 15.6 Å². The van der Waals surface area contributed by atoms with Crippen molar-refractivity contribution in [1.82, 2.24) is 0 Å². The van der Waals surface area contributed by atoms with Crippen molar-refractivity contribution < 1.29 is 13.2 Å². The minimum Gasteiger partial charge on any atom is -0.398 e. The lowest BCUT2D eigenvalue weighted by Gasteiger charge is -2.07. The molecule has 0 fully saturated rings. The van der Waals surface area contributed by atoms with E-state index in [1.165, 1.54) is 30.3 Å². The summed E-state index contributed by atoms with van der Waals surface area (Å²) >= 11 is 5.84. The van der Waals surface area contributed by atoms with E-state index >= 15 is 0 Å². The van der Waals surface area contributed by atoms with Gasteiger partial charge in [-0.25, -0.2) is 8.42 Å². The van der Waals surface area contributed by atoms with Gasteiger partial charge < -0.3 is 11.5 Å². The van der Waals surface area contributed by atoms with Crippen molar-refractivity contribution in [1.29, 1.82) is 0 Å². The van der Waals surface area contributed by atoms with Gasteiger partial charge in [0.1, 0.15) is 0 Å². The molecule has 1 amide bonds. The maximum Gasteiger partial charge on any atom is 0.248 e. The molecule has 0 radical (unpaired) electrons. The molecule has 2 aromatic carbocycles. The van der Waals surface area contributed by atoms with Gasteiger partial charge in [-0.05, 0) is 35.9 Å². The van der Waals surface area contributed by atoms with Crippen LogP contribution in [0.1, 0.15) is 15.9 Å². The number of primary amides is 1. The number of anilines is 1. The second kappa shape index (κ2) is 5.75. The van der Waals surface area contributed by atoms with Crippen LogP contribution in [-0.4, -0.2) is 14.3 Å². The van der Waals surface area contributed by atoms with E-state index in [0.717, 1.165) is 0 Å². The molecule has 0 bridgehead atoms. The van der Waals surface area contributed by atoms with E-state index in [-0.39, 0.29) is 15.7 Å². The molecule has 0 aliphatic rings. The van der Waals surface area contributed by atoms with Crippen molar-refractivity contribution in [3.05, 3.63) is 58.6 Å². The number of halogens is 1. The van der Waals surface area contributed by atoms with Crippen molar-refractivity contribution in [3.8, 4) is 0 Å². The molecule has 0 aromatic heterocycles. The smallest absolute Gasteiger partial charge is 0.248 e. The molecule has 0 spiro atoms. The number of carbonyl (C=O) groups excluding carboxylic acids is 1. The van der Waals surface area contributed by atoms with Crippen LogP contribution in [0.5, 0.6) is 0 Å². The highest BCUT2D eigenvalue weighted by Gasteiger charge is 2.16. The SMILES string of the molecule is NC(=O)c1ccc(CS(=O)(=O)c2ccc(N)c(Cl)c2)cc1. The largest absolute Gasteiger partial charge is 0.398 e. The predicted molar refractivity (Wildman–Crippen MR) is 81.7 cm³/mol. The third kappa shape index (κ3) is 3.53. The molecule has 2 aromatic rings. The fourth-order valence-electron chi connectivity index (χ4n) is 1.77. The van der Waals surface area contributed by atoms with Gasteiger partial charge in [-0.3, -0.25) is 4.79 Å². The van der Waals surface area contributed by atoms with Gasteiger partial charge in [0.25, 0.3) is 0 Å². The lowest BCUT2D eigenvalue weighted by molar-refractivity contribution is 0.100. The monoisotopic (exact) mass is 324 g/mol. The van der Waals surface area contributed by atoms with E-state index in [0.29, 0.717) is 16.8 Å². The maximum atomic E-state index is 12.3. The summed E-state index contributed by atoms with van der Waals surface area (Å²) in [5, 5.41) is 0.195. The average molecular weight is 325 g/mol. The van der Waals surface area contributed by atoms with E-state index in [9.17, 15) is 13.2 Å². The Labute approximate surface area is 127 Å². The molecule has 4 N–H and O–H groups in total. The highest BCUT2D eigenvalue weighted by atomic mass is 35.5. The molecule has 0 aliphatic carbocycles. The van der Waals surface area contributed by atoms with Crippen LogP contribution < -0.4 is 11.5 Å². The van der Waals surface area contributed by atoms with Gasteiger partial charge in [-0.1, -0.05) is 23.7 Å². The average Bonchev–Trinajstić information content (AvgIpc) is 2.42. The Hall–Kier alpha value is -2.05. The van der Waals surface area contributed by atoms with E-state index in [1.807, 2.05) is 0 Å². The number of nitrogens with two attached hydrogens (primary N) is 2. The van der Waals surface area contributed by atoms with Crippen molar-refractivity contribution in [2.24, 2.45) is 5.73 Å². The first kappa shape index (κ1) is 15.3. The van der Waals surface area contributed by atoms with Gasteiger partial charge >= 0.3 is 0 Å². The summed E-state index contributed by atoms with van der Waals surface area (Å²) in [6.07, 6.45) is 0. The number of hydrogen-bond donors (Lipinski definition) is 2. The molecular formula is C14H13ClN2O3S. The quantitative estimate of drug-likeness (QED) is 0.839. The third-order valence-corrected chi connectivity index (χ3v) is 4.94. The van der Waals surface area contributed by atoms with Crippen molar-refractivity contribution >= 4 is 33.0 Å². The first-order valence-corrected chi connectivity index (χ1v) is 7.99. The second-order valence-corrected chi connectivity index (χ2v) is 6.90. The minimum absolute atomic E-state index is 0.0978. The normalized spacial score (nSPS) is 11.3. The van der Waals surface area contributed by atoms with Crippen molar-refractivity contribution in [2.45, 2.75) is 10.6 Å². The molecule has 7 heteroatoms. The Kier molecular flexibility index (Phi) is 4.20. The second-order valence-electron chi connectivity index (χ2n) is 4.50. The van der Waals surface area contributed by atoms with Crippen LogP contribution in [0.15, 0.2) is 47.4 Å². The van der Waals surface area contributed by atoms with E-state index in [1.54, 1.807) is 12.1 Å². The van der Waals surface area contributed by atoms with Crippen LogP contribution in [0.25, 0.3) is 0 Å². The van der Waals surface area contributed by atoms with Crippen LogP contribution in [0.4, 0.5) is 5.69 Å². The zero-order valence-corrected chi connectivity index (χ0v) is 12.5. The summed E-state index contributed by atoms with van der Waals surface area (Å²) in [4.78, 5) is 11.1. The first-order valence-electron chi connectivity index (χ1n) is 5.96. The standard InChI is InChI=1S/C14H13ClN2O3S/c15-12-7-11(5-6-13(12)16)21(19,20)8-9-1-3-10(4-2-9)14(17)18/h1-7H,8,16H2,(H2,17,18). The first-order chi connectivity index (χ1) is 9.79. The van der Waals surface area contributed by atoms with Gasteiger partial charge in [-0.15, -0.1) is 0 Å². The zero-order valence-electron chi connectivity index (χ0n) is 10.9. The van der Waals surface area contributed by atoms with Crippen LogP contribution in [0.2, 0.25) is 5.02 Å². The molecular weight excluding hydrogens is 312 g/mol. The third-order valence-electron chi connectivity index (χ3n) is 2.93. The lowest BCUT2D eigenvalue weighted by Crippen LogP contribution is -2.11. The molecule has 110 valence electrons. The van der Waals surface area contributed by atoms with Gasteiger partial charge in [0.05, 0.1) is 21.4 Å². The van der Waals surface area contributed by atoms with Gasteiger partial charge in [-0.2, -0.15) is 0 Å². The van der Waals surface area contributed by atoms with Gasteiger partial charge in [0.15, 0.2) is 9.84 Å². The molecule has 0 heterocycles. The fraction of sp³-hybridized carbons (Fsp3) is 0.0714. The van der Waals surface area contributed by atoms with Gasteiger partial charge in [0.2, 0.25) is 5.91 Å². The van der Waals surface area contributed by atoms with Crippen molar-refractivity contribution in [2.75, 3.05) is 5.73 Å². The summed E-state index contributed by atoms with van der Waals surface area (Å²) < 4.78 is 24.6. The van der Waals surface area contributed by atoms with Crippen LogP contribution in [0, 0.1) is 0 Å². The summed E-state index contributed by atoms with van der Waals surface area (Å²) in [5.74, 6) is -0.763. The number of rotatable bonds is 4. The minimum atomic E-state index is -3.54. The predicted octanol–water partition coefficient (Wildman–Crippen LogP) is 2.00. The molecule has 21 heavy (non-hydrogen) atoms. The van der Waals surface area contributed by atoms with E-state index in [4.69, 9.17) is 23.1 Å². The zero-order chi connectivity index (χ0) is 15.6. The number of carbonyl (C=O) groups is 1. The van der Waals surface area contributed by atoms with E-state index < -0.39 is 15.7 Å². The summed E-state index contributed by atoms with van der Waals surface area (Å²) in [7, 11) is -3.54. The molecule has 0 unspecified atom stereocenters. The summed E-state index contributed by atoms with van der Waals surface area (Å²) in [6.45, 7) is 0. The van der Waals surface area contributed by atoms with Crippen LogP contribution in [0.3, 0.4) is 0 Å². The Morgan fingerprint density at radius 2 is 1.71 bits per heavy atom. The number of benzene rings is 2. The molecule has 0 saturated heterocycles. The summed E-state index contributed by atoms with van der Waals surface area (Å²) in [5.41, 5.74) is 11.9. The number of nitrogen functional groups attached to an aromatic ring is 1. The van der Waals surface area contributed by atoms with Gasteiger partial charge in [0, 0.05) is 5.56 Å². The van der Waals surface area contributed by atoms with Crippen molar-refractivity contribution in [3.63, 3.8) is 0 Å². The Morgan fingerprint density at radius 3 is 2.24 bits per heavy atom. The number of hydrogen-bond acceptors (Lipinski definition) is 4. The Balaban J connectivity index is 2.28. The topological polar surface area (TPSA) is 103 Å².